The van der Waals surface area contributed by atoms with E-state index in [-0.39, 0.29) is 5.92 Å². The summed E-state index contributed by atoms with van der Waals surface area (Å²) in [6.07, 6.45) is 2.17. The first kappa shape index (κ1) is 9.45. The van der Waals surface area contributed by atoms with Gasteiger partial charge in [0.05, 0.1) is 0 Å². The molecule has 0 spiro atoms. The van der Waals surface area contributed by atoms with Gasteiger partial charge in [-0.25, -0.2) is 0 Å². The molecule has 0 fully saturated rings. The van der Waals surface area contributed by atoms with Gasteiger partial charge in [-0.1, -0.05) is 44.5 Å². The SMILES string of the molecule is CCC1Cc2ccccc2C(=O)C1C. The Balaban J connectivity index is 2.42. The van der Waals surface area contributed by atoms with Gasteiger partial charge in [0.1, 0.15) is 0 Å². The van der Waals surface area contributed by atoms with E-state index in [2.05, 4.69) is 19.9 Å². The van der Waals surface area contributed by atoms with Crippen LogP contribution in [-0.2, 0) is 6.42 Å². The Kier molecular flexibility index (Phi) is 2.40. The van der Waals surface area contributed by atoms with Gasteiger partial charge in [0, 0.05) is 11.5 Å². The predicted octanol–water partition coefficient (Wildman–Crippen LogP) is 3.09. The van der Waals surface area contributed by atoms with E-state index in [0.29, 0.717) is 11.7 Å². The van der Waals surface area contributed by atoms with Crippen LogP contribution in [0.15, 0.2) is 24.3 Å². The Morgan fingerprint density at radius 2 is 2.07 bits per heavy atom. The Bertz CT molecular complexity index is 354. The normalized spacial score (nSPS) is 26.0. The van der Waals surface area contributed by atoms with E-state index >= 15 is 0 Å². The molecule has 1 aliphatic rings. The monoisotopic (exact) mass is 188 g/mol. The molecule has 0 aliphatic heterocycles. The summed E-state index contributed by atoms with van der Waals surface area (Å²) in [5, 5.41) is 0. The highest BCUT2D eigenvalue weighted by atomic mass is 16.1. The van der Waals surface area contributed by atoms with Gasteiger partial charge in [-0.3, -0.25) is 4.79 Å². The third-order valence-corrected chi connectivity index (χ3v) is 3.41. The summed E-state index contributed by atoms with van der Waals surface area (Å²) in [5.41, 5.74) is 2.19. The highest BCUT2D eigenvalue weighted by Gasteiger charge is 2.30. The van der Waals surface area contributed by atoms with Crippen molar-refractivity contribution in [3.05, 3.63) is 35.4 Å². The average Bonchev–Trinajstić information content (AvgIpc) is 2.23. The summed E-state index contributed by atoms with van der Waals surface area (Å²) in [5.74, 6) is 1.08. The van der Waals surface area contributed by atoms with Crippen LogP contribution < -0.4 is 0 Å². The quantitative estimate of drug-likeness (QED) is 0.662. The number of carbonyl (C=O) groups excluding carboxylic acids is 1. The topological polar surface area (TPSA) is 17.1 Å². The third kappa shape index (κ3) is 1.37. The van der Waals surface area contributed by atoms with E-state index in [4.69, 9.17) is 0 Å². The summed E-state index contributed by atoms with van der Waals surface area (Å²) in [6, 6.07) is 8.02. The summed E-state index contributed by atoms with van der Waals surface area (Å²) in [7, 11) is 0. The highest BCUT2D eigenvalue weighted by Crippen LogP contribution is 2.31. The Hall–Kier alpha value is -1.11. The number of hydrogen-bond donors (Lipinski definition) is 0. The lowest BCUT2D eigenvalue weighted by molar-refractivity contribution is 0.0865. The summed E-state index contributed by atoms with van der Waals surface area (Å²) in [4.78, 5) is 12.0. The van der Waals surface area contributed by atoms with E-state index in [1.165, 1.54) is 5.56 Å². The number of fused-ring (bicyclic) bond motifs is 1. The zero-order valence-electron chi connectivity index (χ0n) is 8.79. The van der Waals surface area contributed by atoms with Gasteiger partial charge < -0.3 is 0 Å². The van der Waals surface area contributed by atoms with Crippen molar-refractivity contribution < 1.29 is 4.79 Å². The van der Waals surface area contributed by atoms with Gasteiger partial charge >= 0.3 is 0 Å². The molecule has 0 radical (unpaired) electrons. The first-order valence-electron chi connectivity index (χ1n) is 5.36. The molecule has 1 heteroatoms. The molecule has 14 heavy (non-hydrogen) atoms. The van der Waals surface area contributed by atoms with Crippen molar-refractivity contribution in [1.29, 1.82) is 0 Å². The molecule has 1 aliphatic carbocycles. The maximum absolute atomic E-state index is 12.0. The Morgan fingerprint density at radius 1 is 1.36 bits per heavy atom. The lowest BCUT2D eigenvalue weighted by Crippen LogP contribution is -2.28. The van der Waals surface area contributed by atoms with Crippen LogP contribution in [0, 0.1) is 11.8 Å². The number of rotatable bonds is 1. The standard InChI is InChI=1S/C13H16O/c1-3-10-8-11-6-4-5-7-12(11)13(14)9(10)2/h4-7,9-10H,3,8H2,1-2H3. The van der Waals surface area contributed by atoms with Crippen molar-refractivity contribution >= 4 is 5.78 Å². The maximum atomic E-state index is 12.0. The molecule has 1 nitrogen and oxygen atoms in total. The van der Waals surface area contributed by atoms with Crippen LogP contribution in [0.2, 0.25) is 0 Å². The molecule has 0 saturated carbocycles. The fraction of sp³-hybridized carbons (Fsp3) is 0.462. The van der Waals surface area contributed by atoms with E-state index < -0.39 is 0 Å². The molecule has 0 bridgehead atoms. The smallest absolute Gasteiger partial charge is 0.166 e. The third-order valence-electron chi connectivity index (χ3n) is 3.41. The molecular weight excluding hydrogens is 172 g/mol. The largest absolute Gasteiger partial charge is 0.294 e. The first-order chi connectivity index (χ1) is 6.74. The van der Waals surface area contributed by atoms with Crippen LogP contribution in [-0.4, -0.2) is 5.78 Å². The molecule has 0 aromatic heterocycles. The van der Waals surface area contributed by atoms with E-state index in [0.717, 1.165) is 18.4 Å². The number of carbonyl (C=O) groups is 1. The van der Waals surface area contributed by atoms with Crippen LogP contribution in [0.25, 0.3) is 0 Å². The van der Waals surface area contributed by atoms with Gasteiger partial charge in [0.25, 0.3) is 0 Å². The van der Waals surface area contributed by atoms with Crippen molar-refractivity contribution in [2.75, 3.05) is 0 Å². The molecule has 2 unspecified atom stereocenters. The Morgan fingerprint density at radius 3 is 2.79 bits per heavy atom. The predicted molar refractivity (Wildman–Crippen MR) is 57.4 cm³/mol. The molecule has 0 saturated heterocycles. The molecule has 0 N–H and O–H groups in total. The number of hydrogen-bond acceptors (Lipinski definition) is 1. The average molecular weight is 188 g/mol. The molecule has 1 aromatic carbocycles. The zero-order chi connectivity index (χ0) is 10.1. The van der Waals surface area contributed by atoms with Gasteiger partial charge in [-0.05, 0) is 17.9 Å². The van der Waals surface area contributed by atoms with E-state index in [1.807, 2.05) is 18.2 Å². The molecule has 74 valence electrons. The minimum absolute atomic E-state index is 0.204. The van der Waals surface area contributed by atoms with Crippen LogP contribution in [0.3, 0.4) is 0 Å². The Labute approximate surface area is 85.1 Å². The second kappa shape index (κ2) is 3.56. The molecule has 1 aromatic rings. The second-order valence-electron chi connectivity index (χ2n) is 4.18. The van der Waals surface area contributed by atoms with Gasteiger partial charge in [-0.15, -0.1) is 0 Å². The molecule has 2 rings (SSSR count). The van der Waals surface area contributed by atoms with Crippen molar-refractivity contribution in [3.63, 3.8) is 0 Å². The van der Waals surface area contributed by atoms with Gasteiger partial charge in [-0.2, -0.15) is 0 Å². The molecular formula is C13H16O. The molecule has 0 amide bonds. The first-order valence-corrected chi connectivity index (χ1v) is 5.36. The van der Waals surface area contributed by atoms with Crippen molar-refractivity contribution in [1.82, 2.24) is 0 Å². The number of ketones is 1. The van der Waals surface area contributed by atoms with Crippen molar-refractivity contribution in [2.24, 2.45) is 11.8 Å². The van der Waals surface area contributed by atoms with E-state index in [9.17, 15) is 4.79 Å². The minimum atomic E-state index is 0.204. The van der Waals surface area contributed by atoms with E-state index in [1.54, 1.807) is 0 Å². The van der Waals surface area contributed by atoms with Crippen LogP contribution in [0.5, 0.6) is 0 Å². The van der Waals surface area contributed by atoms with Crippen molar-refractivity contribution in [2.45, 2.75) is 26.7 Å². The lowest BCUT2D eigenvalue weighted by atomic mass is 9.75. The summed E-state index contributed by atoms with van der Waals surface area (Å²) in [6.45, 7) is 4.23. The highest BCUT2D eigenvalue weighted by molar-refractivity contribution is 6.00. The zero-order valence-corrected chi connectivity index (χ0v) is 8.79. The molecule has 2 atom stereocenters. The summed E-state index contributed by atoms with van der Waals surface area (Å²) >= 11 is 0. The van der Waals surface area contributed by atoms with Crippen LogP contribution in [0.1, 0.15) is 36.2 Å². The van der Waals surface area contributed by atoms with Crippen LogP contribution in [0.4, 0.5) is 0 Å². The minimum Gasteiger partial charge on any atom is -0.294 e. The van der Waals surface area contributed by atoms with Gasteiger partial charge in [0.15, 0.2) is 5.78 Å². The second-order valence-corrected chi connectivity index (χ2v) is 4.18. The van der Waals surface area contributed by atoms with Crippen molar-refractivity contribution in [3.8, 4) is 0 Å². The van der Waals surface area contributed by atoms with Gasteiger partial charge in [0.2, 0.25) is 0 Å². The maximum Gasteiger partial charge on any atom is 0.166 e. The number of benzene rings is 1. The van der Waals surface area contributed by atoms with Crippen LogP contribution >= 0.6 is 0 Å². The summed E-state index contributed by atoms with van der Waals surface area (Å²) < 4.78 is 0. The lowest BCUT2D eigenvalue weighted by Gasteiger charge is -2.28. The molecule has 0 heterocycles. The fourth-order valence-corrected chi connectivity index (χ4v) is 2.36. The number of Topliss-reactive ketones (excluding diaryl/α,β-unsaturated/α-hetero) is 1. The fourth-order valence-electron chi connectivity index (χ4n) is 2.36.